The summed E-state index contributed by atoms with van der Waals surface area (Å²) >= 11 is 3.55. The van der Waals surface area contributed by atoms with Crippen LogP contribution in [0.3, 0.4) is 0 Å². The maximum Gasteiger partial charge on any atom is 0.168 e. The molecule has 4 heteroatoms. The van der Waals surface area contributed by atoms with E-state index in [2.05, 4.69) is 80.1 Å². The van der Waals surface area contributed by atoms with Crippen LogP contribution < -0.4 is 0 Å². The standard InChI is InChI=1S/C17H12BrN3/c1-11-10-12(6-7-15(11)18)21-16-5-3-2-4-13(16)14-8-9-19-20-17(14)21/h2-10H,1H3. The van der Waals surface area contributed by atoms with Crippen LogP contribution in [-0.4, -0.2) is 14.8 Å². The summed E-state index contributed by atoms with van der Waals surface area (Å²) in [6, 6.07) is 16.7. The van der Waals surface area contributed by atoms with Crippen LogP contribution in [0.5, 0.6) is 0 Å². The first-order chi connectivity index (χ1) is 10.3. The third-order valence-electron chi connectivity index (χ3n) is 3.75. The smallest absolute Gasteiger partial charge is 0.168 e. The number of aryl methyl sites for hydroxylation is 1. The highest BCUT2D eigenvalue weighted by Gasteiger charge is 2.13. The highest BCUT2D eigenvalue weighted by atomic mass is 79.9. The van der Waals surface area contributed by atoms with Crippen LogP contribution in [0.25, 0.3) is 27.6 Å². The highest BCUT2D eigenvalue weighted by molar-refractivity contribution is 9.10. The van der Waals surface area contributed by atoms with Crippen molar-refractivity contribution in [3.8, 4) is 5.69 Å². The van der Waals surface area contributed by atoms with Gasteiger partial charge in [-0.1, -0.05) is 34.1 Å². The highest BCUT2D eigenvalue weighted by Crippen LogP contribution is 2.31. The maximum absolute atomic E-state index is 4.35. The van der Waals surface area contributed by atoms with E-state index in [0.717, 1.165) is 26.7 Å². The summed E-state index contributed by atoms with van der Waals surface area (Å²) in [5.74, 6) is 0. The van der Waals surface area contributed by atoms with Crippen molar-refractivity contribution < 1.29 is 0 Å². The van der Waals surface area contributed by atoms with E-state index in [1.807, 2.05) is 6.07 Å². The van der Waals surface area contributed by atoms with E-state index in [4.69, 9.17) is 0 Å². The molecule has 2 aromatic carbocycles. The second-order valence-corrected chi connectivity index (χ2v) is 5.91. The summed E-state index contributed by atoms with van der Waals surface area (Å²) in [5, 5.41) is 10.7. The van der Waals surface area contributed by atoms with Crippen molar-refractivity contribution in [2.75, 3.05) is 0 Å². The van der Waals surface area contributed by atoms with E-state index >= 15 is 0 Å². The fourth-order valence-electron chi connectivity index (χ4n) is 2.74. The summed E-state index contributed by atoms with van der Waals surface area (Å²) in [6.45, 7) is 2.09. The SMILES string of the molecule is Cc1cc(-n2c3ccccc3c3ccnnc32)ccc1Br. The monoisotopic (exact) mass is 337 g/mol. The van der Waals surface area contributed by atoms with Gasteiger partial charge >= 0.3 is 0 Å². The van der Waals surface area contributed by atoms with Crippen molar-refractivity contribution in [2.45, 2.75) is 6.92 Å². The molecule has 0 bridgehead atoms. The van der Waals surface area contributed by atoms with Gasteiger partial charge in [0.2, 0.25) is 0 Å². The Hall–Kier alpha value is -2.20. The average Bonchev–Trinajstić information content (AvgIpc) is 2.85. The Bertz CT molecular complexity index is 919. The minimum absolute atomic E-state index is 0.889. The van der Waals surface area contributed by atoms with Crippen LogP contribution in [0.15, 0.2) is 59.2 Å². The quantitative estimate of drug-likeness (QED) is 0.506. The fourth-order valence-corrected chi connectivity index (χ4v) is 2.99. The molecule has 0 saturated heterocycles. The average molecular weight is 338 g/mol. The molecule has 4 rings (SSSR count). The second kappa shape index (κ2) is 4.67. The number of hydrogen-bond donors (Lipinski definition) is 0. The van der Waals surface area contributed by atoms with Crippen molar-refractivity contribution in [1.82, 2.24) is 14.8 Å². The summed E-state index contributed by atoms with van der Waals surface area (Å²) in [7, 11) is 0. The van der Waals surface area contributed by atoms with Crippen molar-refractivity contribution in [3.63, 3.8) is 0 Å². The molecular weight excluding hydrogens is 326 g/mol. The Morgan fingerprint density at radius 2 is 1.86 bits per heavy atom. The van der Waals surface area contributed by atoms with Crippen molar-refractivity contribution in [3.05, 3.63) is 64.8 Å². The van der Waals surface area contributed by atoms with Crippen molar-refractivity contribution in [2.24, 2.45) is 0 Å². The number of benzene rings is 2. The van der Waals surface area contributed by atoms with Gasteiger partial charge in [0.05, 0.1) is 11.7 Å². The minimum atomic E-state index is 0.889. The van der Waals surface area contributed by atoms with Gasteiger partial charge in [0.25, 0.3) is 0 Å². The van der Waals surface area contributed by atoms with E-state index < -0.39 is 0 Å². The molecule has 2 heterocycles. The number of aromatic nitrogens is 3. The van der Waals surface area contributed by atoms with Crippen molar-refractivity contribution >= 4 is 37.9 Å². The number of fused-ring (bicyclic) bond motifs is 3. The van der Waals surface area contributed by atoms with Gasteiger partial charge in [-0.05, 0) is 42.8 Å². The lowest BCUT2D eigenvalue weighted by atomic mass is 10.2. The summed E-state index contributed by atoms with van der Waals surface area (Å²) < 4.78 is 3.27. The third kappa shape index (κ3) is 1.87. The number of hydrogen-bond acceptors (Lipinski definition) is 2. The molecule has 0 N–H and O–H groups in total. The molecule has 0 aliphatic carbocycles. The van der Waals surface area contributed by atoms with Crippen LogP contribution >= 0.6 is 15.9 Å². The number of para-hydroxylation sites is 1. The second-order valence-electron chi connectivity index (χ2n) is 5.05. The Morgan fingerprint density at radius 3 is 2.71 bits per heavy atom. The van der Waals surface area contributed by atoms with Gasteiger partial charge in [-0.2, -0.15) is 5.10 Å². The van der Waals surface area contributed by atoms with E-state index in [1.54, 1.807) is 6.20 Å². The van der Waals surface area contributed by atoms with E-state index in [0.29, 0.717) is 0 Å². The maximum atomic E-state index is 4.35. The Labute approximate surface area is 130 Å². The first-order valence-electron chi connectivity index (χ1n) is 6.73. The Morgan fingerprint density at radius 1 is 1.00 bits per heavy atom. The summed E-state index contributed by atoms with van der Waals surface area (Å²) in [4.78, 5) is 0. The third-order valence-corrected chi connectivity index (χ3v) is 4.64. The lowest BCUT2D eigenvalue weighted by Gasteiger charge is -2.08. The van der Waals surface area contributed by atoms with Crippen LogP contribution in [0.2, 0.25) is 0 Å². The molecule has 0 radical (unpaired) electrons. The molecule has 0 unspecified atom stereocenters. The van der Waals surface area contributed by atoms with Crippen molar-refractivity contribution in [1.29, 1.82) is 0 Å². The molecule has 102 valence electrons. The predicted molar refractivity (Wildman–Crippen MR) is 88.8 cm³/mol. The van der Waals surface area contributed by atoms with Gasteiger partial charge in [0, 0.05) is 20.9 Å². The molecule has 0 aliphatic heterocycles. The molecule has 0 aliphatic rings. The van der Waals surface area contributed by atoms with Gasteiger partial charge in [-0.25, -0.2) is 0 Å². The summed E-state index contributed by atoms with van der Waals surface area (Å²) in [5.41, 5.74) is 4.33. The topological polar surface area (TPSA) is 30.7 Å². The normalized spacial score (nSPS) is 11.3. The molecule has 21 heavy (non-hydrogen) atoms. The summed E-state index contributed by atoms with van der Waals surface area (Å²) in [6.07, 6.45) is 1.74. The predicted octanol–water partition coefficient (Wildman–Crippen LogP) is 4.64. The molecular formula is C17H12BrN3. The molecule has 3 nitrogen and oxygen atoms in total. The van der Waals surface area contributed by atoms with Gasteiger partial charge in [0.15, 0.2) is 5.65 Å². The Balaban J connectivity index is 2.17. The zero-order valence-corrected chi connectivity index (χ0v) is 13.0. The minimum Gasteiger partial charge on any atom is -0.292 e. The van der Waals surface area contributed by atoms with E-state index in [9.17, 15) is 0 Å². The zero-order chi connectivity index (χ0) is 14.4. The zero-order valence-electron chi connectivity index (χ0n) is 11.4. The molecule has 0 saturated carbocycles. The number of halogens is 1. The van der Waals surface area contributed by atoms with Gasteiger partial charge < -0.3 is 0 Å². The fraction of sp³-hybridized carbons (Fsp3) is 0.0588. The van der Waals surface area contributed by atoms with Crippen LogP contribution in [0, 0.1) is 6.92 Å². The lowest BCUT2D eigenvalue weighted by molar-refractivity contribution is 1.02. The van der Waals surface area contributed by atoms with Crippen LogP contribution in [0.4, 0.5) is 0 Å². The molecule has 0 amide bonds. The van der Waals surface area contributed by atoms with E-state index in [1.165, 1.54) is 10.9 Å². The number of nitrogens with zero attached hydrogens (tertiary/aromatic N) is 3. The number of rotatable bonds is 1. The van der Waals surface area contributed by atoms with Gasteiger partial charge in [-0.3, -0.25) is 4.57 Å². The van der Waals surface area contributed by atoms with Crippen LogP contribution in [0.1, 0.15) is 5.56 Å². The first-order valence-corrected chi connectivity index (χ1v) is 7.52. The van der Waals surface area contributed by atoms with Gasteiger partial charge in [-0.15, -0.1) is 5.10 Å². The molecule has 4 aromatic rings. The molecule has 2 aromatic heterocycles. The Kier molecular flexibility index (Phi) is 2.79. The van der Waals surface area contributed by atoms with Gasteiger partial charge in [0.1, 0.15) is 0 Å². The lowest BCUT2D eigenvalue weighted by Crippen LogP contribution is -1.96. The largest absolute Gasteiger partial charge is 0.292 e. The molecule has 0 atom stereocenters. The first kappa shape index (κ1) is 12.5. The van der Waals surface area contributed by atoms with E-state index in [-0.39, 0.29) is 0 Å². The van der Waals surface area contributed by atoms with Crippen LogP contribution in [-0.2, 0) is 0 Å². The molecule has 0 fully saturated rings. The molecule has 0 spiro atoms.